The van der Waals surface area contributed by atoms with Crippen molar-refractivity contribution in [1.82, 2.24) is 20.1 Å². The molecular weight excluding hydrogens is 356 g/mol. The summed E-state index contributed by atoms with van der Waals surface area (Å²) in [6.07, 6.45) is 3.07. The first-order valence-electron chi connectivity index (χ1n) is 7.48. The minimum atomic E-state index is -0.0784. The molecule has 4 rings (SSSR count). The van der Waals surface area contributed by atoms with Gasteiger partial charge in [0.2, 0.25) is 5.95 Å². The van der Waals surface area contributed by atoms with E-state index in [1.165, 1.54) is 18.1 Å². The highest BCUT2D eigenvalue weighted by atomic mass is 32.2. The Morgan fingerprint density at radius 3 is 2.92 bits per heavy atom. The molecule has 9 heteroatoms. The number of nitrogens with one attached hydrogen (secondary N) is 1. The second-order valence-electron chi connectivity index (χ2n) is 5.27. The van der Waals surface area contributed by atoms with Gasteiger partial charge in [-0.2, -0.15) is 15.1 Å². The standard InChI is InChI=1S/C16H14N6OS2/c1-3-8-22-13(23)12(25-16(22)19-15-17-9-18-20-15)14-21(2)10-6-4-5-7-11(10)24-14/h3-7,9H,1,8H2,2H3,(H,17,18,20). The van der Waals surface area contributed by atoms with Crippen LogP contribution in [0.4, 0.5) is 11.6 Å². The van der Waals surface area contributed by atoms with Gasteiger partial charge in [-0.25, -0.2) is 5.10 Å². The number of para-hydroxylation sites is 1. The van der Waals surface area contributed by atoms with E-state index < -0.39 is 0 Å². The van der Waals surface area contributed by atoms with Crippen LogP contribution >= 0.6 is 23.5 Å². The molecule has 2 aromatic rings. The predicted molar refractivity (Wildman–Crippen MR) is 101 cm³/mol. The zero-order valence-electron chi connectivity index (χ0n) is 13.3. The molecule has 2 aliphatic rings. The first-order chi connectivity index (χ1) is 12.2. The first-order valence-corrected chi connectivity index (χ1v) is 9.12. The quantitative estimate of drug-likeness (QED) is 0.661. The summed E-state index contributed by atoms with van der Waals surface area (Å²) in [6, 6.07) is 8.09. The molecule has 1 fully saturated rings. The largest absolute Gasteiger partial charge is 0.337 e. The molecule has 25 heavy (non-hydrogen) atoms. The number of thioether (sulfide) groups is 2. The van der Waals surface area contributed by atoms with Gasteiger partial charge >= 0.3 is 0 Å². The van der Waals surface area contributed by atoms with Crippen molar-refractivity contribution in [3.63, 3.8) is 0 Å². The van der Waals surface area contributed by atoms with E-state index in [1.54, 1.807) is 22.7 Å². The summed E-state index contributed by atoms with van der Waals surface area (Å²) < 4.78 is 0. The molecule has 3 heterocycles. The fourth-order valence-electron chi connectivity index (χ4n) is 2.55. The molecule has 1 aromatic heterocycles. The molecule has 0 atom stereocenters. The molecule has 1 amide bonds. The molecule has 0 spiro atoms. The smallest absolute Gasteiger partial charge is 0.269 e. The third-order valence-corrected chi connectivity index (χ3v) is 6.14. The maximum Gasteiger partial charge on any atom is 0.269 e. The number of hydrogen-bond acceptors (Lipinski definition) is 7. The van der Waals surface area contributed by atoms with Gasteiger partial charge in [-0.3, -0.25) is 9.69 Å². The highest BCUT2D eigenvalue weighted by Crippen LogP contribution is 2.49. The number of amidine groups is 1. The number of amides is 1. The van der Waals surface area contributed by atoms with Crippen LogP contribution in [0.3, 0.4) is 0 Å². The van der Waals surface area contributed by atoms with E-state index in [9.17, 15) is 4.79 Å². The second-order valence-corrected chi connectivity index (χ2v) is 7.28. The molecule has 7 nitrogen and oxygen atoms in total. The molecule has 0 unspecified atom stereocenters. The molecule has 1 aromatic carbocycles. The molecule has 0 radical (unpaired) electrons. The zero-order chi connectivity index (χ0) is 17.4. The first kappa shape index (κ1) is 16.0. The number of rotatable bonds is 3. The second kappa shape index (κ2) is 6.41. The third-order valence-electron chi connectivity index (χ3n) is 3.71. The van der Waals surface area contributed by atoms with Gasteiger partial charge in [-0.05, 0) is 23.9 Å². The number of carbonyl (C=O) groups is 1. The van der Waals surface area contributed by atoms with Gasteiger partial charge in [0, 0.05) is 18.5 Å². The van der Waals surface area contributed by atoms with Gasteiger partial charge in [0.15, 0.2) is 5.17 Å². The number of hydrogen-bond donors (Lipinski definition) is 1. The van der Waals surface area contributed by atoms with Crippen LogP contribution in [0, 0.1) is 0 Å². The Balaban J connectivity index is 1.74. The summed E-state index contributed by atoms with van der Waals surface area (Å²) in [5.41, 5.74) is 1.10. The molecule has 1 saturated heterocycles. The van der Waals surface area contributed by atoms with Crippen LogP contribution in [0.2, 0.25) is 0 Å². The lowest BCUT2D eigenvalue weighted by molar-refractivity contribution is -0.121. The van der Waals surface area contributed by atoms with Gasteiger partial charge in [-0.1, -0.05) is 30.0 Å². The number of carbonyl (C=O) groups excluding carboxylic acids is 1. The molecule has 0 aliphatic carbocycles. The fourth-order valence-corrected chi connectivity index (χ4v) is 4.89. The van der Waals surface area contributed by atoms with Crippen molar-refractivity contribution in [1.29, 1.82) is 0 Å². The lowest BCUT2D eigenvalue weighted by Crippen LogP contribution is -2.29. The Kier molecular flexibility index (Phi) is 4.10. The number of aromatic nitrogens is 3. The van der Waals surface area contributed by atoms with E-state index in [2.05, 4.69) is 32.8 Å². The van der Waals surface area contributed by atoms with Gasteiger partial charge in [-0.15, -0.1) is 6.58 Å². The summed E-state index contributed by atoms with van der Waals surface area (Å²) >= 11 is 2.94. The third kappa shape index (κ3) is 2.75. The molecule has 2 aliphatic heterocycles. The van der Waals surface area contributed by atoms with E-state index in [4.69, 9.17) is 0 Å². The molecular formula is C16H14N6OS2. The Labute approximate surface area is 152 Å². The van der Waals surface area contributed by atoms with E-state index in [-0.39, 0.29) is 5.91 Å². The van der Waals surface area contributed by atoms with E-state index >= 15 is 0 Å². The van der Waals surface area contributed by atoms with Crippen LogP contribution in [-0.4, -0.2) is 44.7 Å². The number of aromatic amines is 1. The van der Waals surface area contributed by atoms with Crippen LogP contribution in [0.15, 0.2) is 63.1 Å². The van der Waals surface area contributed by atoms with Gasteiger partial charge < -0.3 is 4.90 Å². The van der Waals surface area contributed by atoms with E-state index in [0.29, 0.717) is 22.6 Å². The number of anilines is 1. The number of H-pyrrole nitrogens is 1. The Morgan fingerprint density at radius 2 is 2.20 bits per heavy atom. The van der Waals surface area contributed by atoms with Crippen LogP contribution < -0.4 is 4.90 Å². The van der Waals surface area contributed by atoms with Crippen molar-refractivity contribution in [3.8, 4) is 0 Å². The van der Waals surface area contributed by atoms with Crippen molar-refractivity contribution in [2.24, 2.45) is 4.99 Å². The van der Waals surface area contributed by atoms with E-state index in [1.807, 2.05) is 30.1 Å². The number of aliphatic imine (C=N–C) groups is 1. The van der Waals surface area contributed by atoms with Gasteiger partial charge in [0.1, 0.15) is 11.2 Å². The van der Waals surface area contributed by atoms with Crippen LogP contribution in [0.5, 0.6) is 0 Å². The van der Waals surface area contributed by atoms with Crippen molar-refractivity contribution in [2.75, 3.05) is 18.5 Å². The summed E-state index contributed by atoms with van der Waals surface area (Å²) in [4.78, 5) is 26.8. The van der Waals surface area contributed by atoms with Crippen LogP contribution in [-0.2, 0) is 4.79 Å². The highest BCUT2D eigenvalue weighted by molar-refractivity contribution is 8.19. The summed E-state index contributed by atoms with van der Waals surface area (Å²) in [7, 11) is 1.97. The van der Waals surface area contributed by atoms with Crippen LogP contribution in [0.1, 0.15) is 0 Å². The molecule has 126 valence electrons. The SMILES string of the molecule is C=CCN1C(=O)C(=C2Sc3ccccc3N2C)SC1=Nc1ncn[nH]1. The average Bonchev–Trinajstić information content (AvgIpc) is 3.31. The normalized spacial score (nSPS) is 21.3. The minimum absolute atomic E-state index is 0.0784. The minimum Gasteiger partial charge on any atom is -0.337 e. The maximum absolute atomic E-state index is 13.0. The topological polar surface area (TPSA) is 77.5 Å². The Morgan fingerprint density at radius 1 is 1.36 bits per heavy atom. The zero-order valence-corrected chi connectivity index (χ0v) is 15.0. The molecule has 0 bridgehead atoms. The lowest BCUT2D eigenvalue weighted by atomic mass is 10.3. The van der Waals surface area contributed by atoms with Crippen LogP contribution in [0.25, 0.3) is 0 Å². The van der Waals surface area contributed by atoms with Crippen molar-refractivity contribution >= 4 is 46.2 Å². The highest BCUT2D eigenvalue weighted by Gasteiger charge is 2.38. The van der Waals surface area contributed by atoms with E-state index in [0.717, 1.165) is 15.6 Å². The monoisotopic (exact) mass is 370 g/mol. The maximum atomic E-state index is 13.0. The fraction of sp³-hybridized carbons (Fsp3) is 0.125. The van der Waals surface area contributed by atoms with Gasteiger partial charge in [0.25, 0.3) is 5.91 Å². The number of nitrogens with zero attached hydrogens (tertiary/aromatic N) is 5. The summed E-state index contributed by atoms with van der Waals surface area (Å²) in [5.74, 6) is 0.289. The molecule has 0 saturated carbocycles. The van der Waals surface area contributed by atoms with Crippen molar-refractivity contribution in [3.05, 3.63) is 53.2 Å². The van der Waals surface area contributed by atoms with Gasteiger partial charge in [0.05, 0.1) is 10.7 Å². The Bertz CT molecular complexity index is 905. The average molecular weight is 370 g/mol. The molecule has 1 N–H and O–H groups in total. The summed E-state index contributed by atoms with van der Waals surface area (Å²) in [5, 5.41) is 7.96. The predicted octanol–water partition coefficient (Wildman–Crippen LogP) is 2.96. The number of benzene rings is 1. The summed E-state index contributed by atoms with van der Waals surface area (Å²) in [6.45, 7) is 4.12. The van der Waals surface area contributed by atoms with Crippen molar-refractivity contribution < 1.29 is 4.79 Å². The Hall–Kier alpha value is -2.52. The van der Waals surface area contributed by atoms with Crippen molar-refractivity contribution in [2.45, 2.75) is 4.90 Å². The number of fused-ring (bicyclic) bond motifs is 1. The lowest BCUT2D eigenvalue weighted by Gasteiger charge is -2.15.